The highest BCUT2D eigenvalue weighted by Crippen LogP contribution is 2.41. The molecule has 0 radical (unpaired) electrons. The zero-order chi connectivity index (χ0) is 20.0. The van der Waals surface area contributed by atoms with Crippen LogP contribution in [0.4, 0.5) is 0 Å². The van der Waals surface area contributed by atoms with Crippen LogP contribution in [0.25, 0.3) is 31.7 Å². The van der Waals surface area contributed by atoms with Gasteiger partial charge in [-0.3, -0.25) is 4.79 Å². The first kappa shape index (κ1) is 17.4. The molecule has 3 heterocycles. The van der Waals surface area contributed by atoms with E-state index < -0.39 is 0 Å². The summed E-state index contributed by atoms with van der Waals surface area (Å²) in [6, 6.07) is 18.8. The van der Waals surface area contributed by atoms with Gasteiger partial charge in [-0.1, -0.05) is 30.3 Å². The monoisotopic (exact) mass is 410 g/mol. The van der Waals surface area contributed by atoms with Gasteiger partial charge in [-0.2, -0.15) is 10.5 Å². The maximum Gasteiger partial charge on any atom is 0.194 e. The van der Waals surface area contributed by atoms with E-state index in [1.165, 1.54) is 4.88 Å². The van der Waals surface area contributed by atoms with Gasteiger partial charge in [-0.25, -0.2) is 0 Å². The Labute approximate surface area is 173 Å². The predicted molar refractivity (Wildman–Crippen MR) is 114 cm³/mol. The quantitative estimate of drug-likeness (QED) is 0.287. The van der Waals surface area contributed by atoms with Gasteiger partial charge in [0.15, 0.2) is 5.78 Å². The van der Waals surface area contributed by atoms with Crippen molar-refractivity contribution in [1.82, 2.24) is 0 Å². The van der Waals surface area contributed by atoms with Crippen molar-refractivity contribution in [3.8, 4) is 21.9 Å². The number of thiophene rings is 2. The van der Waals surface area contributed by atoms with Crippen molar-refractivity contribution < 1.29 is 9.21 Å². The van der Waals surface area contributed by atoms with Crippen molar-refractivity contribution >= 4 is 50.4 Å². The van der Waals surface area contributed by atoms with Gasteiger partial charge in [0, 0.05) is 38.6 Å². The summed E-state index contributed by atoms with van der Waals surface area (Å²) < 4.78 is 6.93. The Kier molecular flexibility index (Phi) is 4.03. The second-order valence-corrected chi connectivity index (χ2v) is 8.40. The van der Waals surface area contributed by atoms with Gasteiger partial charge in [0.25, 0.3) is 0 Å². The summed E-state index contributed by atoms with van der Waals surface area (Å²) in [6.45, 7) is 0. The number of carbonyl (C=O) groups excluding carboxylic acids is 1. The van der Waals surface area contributed by atoms with E-state index in [-0.39, 0.29) is 11.4 Å². The molecule has 4 aromatic rings. The molecule has 6 heteroatoms. The molecule has 3 aromatic heterocycles. The highest BCUT2D eigenvalue weighted by atomic mass is 32.1. The molecule has 0 aliphatic heterocycles. The fourth-order valence-corrected chi connectivity index (χ4v) is 5.31. The fourth-order valence-electron chi connectivity index (χ4n) is 3.45. The highest BCUT2D eigenvalue weighted by Gasteiger charge is 2.32. The minimum Gasteiger partial charge on any atom is -0.456 e. The van der Waals surface area contributed by atoms with Crippen molar-refractivity contribution in [1.29, 1.82) is 10.5 Å². The van der Waals surface area contributed by atoms with Gasteiger partial charge in [0.05, 0.1) is 4.70 Å². The first-order valence-corrected chi connectivity index (χ1v) is 10.4. The van der Waals surface area contributed by atoms with Crippen LogP contribution in [0.5, 0.6) is 0 Å². The molecule has 1 aromatic carbocycles. The Morgan fingerprint density at radius 1 is 1.00 bits per heavy atom. The lowest BCUT2D eigenvalue weighted by molar-refractivity contribution is 0.104. The Morgan fingerprint density at radius 2 is 1.79 bits per heavy atom. The Bertz CT molecular complexity index is 1390. The molecule has 0 spiro atoms. The molecule has 5 rings (SSSR count). The molecule has 0 unspecified atom stereocenters. The first-order valence-electron chi connectivity index (χ1n) is 8.67. The number of hydrogen-bond donors (Lipinski definition) is 0. The molecule has 0 saturated carbocycles. The average molecular weight is 410 g/mol. The molecule has 0 N–H and O–H groups in total. The van der Waals surface area contributed by atoms with E-state index in [0.717, 1.165) is 15.2 Å². The third kappa shape index (κ3) is 2.75. The largest absolute Gasteiger partial charge is 0.456 e. The highest BCUT2D eigenvalue weighted by molar-refractivity contribution is 7.25. The second kappa shape index (κ2) is 6.72. The second-order valence-electron chi connectivity index (χ2n) is 6.37. The van der Waals surface area contributed by atoms with Gasteiger partial charge < -0.3 is 4.42 Å². The Balaban J connectivity index is 1.63. The zero-order valence-corrected chi connectivity index (χ0v) is 16.4. The number of nitriles is 2. The minimum absolute atomic E-state index is 0.0806. The van der Waals surface area contributed by atoms with Crippen LogP contribution in [0.15, 0.2) is 69.5 Å². The summed E-state index contributed by atoms with van der Waals surface area (Å²) in [6.07, 6.45) is 1.63. The third-order valence-corrected chi connectivity index (χ3v) is 6.83. The van der Waals surface area contributed by atoms with Crippen LogP contribution in [0.3, 0.4) is 0 Å². The number of nitrogens with zero attached hydrogens (tertiary/aromatic N) is 2. The number of allylic oxidation sites excluding steroid dienone is 3. The summed E-state index contributed by atoms with van der Waals surface area (Å²) in [5.74, 6) is 0.311. The number of ketones is 1. The predicted octanol–water partition coefficient (Wildman–Crippen LogP) is 6.30. The number of carbonyl (C=O) groups is 1. The molecule has 1 aliphatic rings. The normalized spacial score (nSPS) is 14.2. The maximum absolute atomic E-state index is 13.0. The zero-order valence-electron chi connectivity index (χ0n) is 14.8. The van der Waals surface area contributed by atoms with E-state index in [1.807, 2.05) is 35.7 Å². The number of hydrogen-bond acceptors (Lipinski definition) is 6. The third-order valence-electron chi connectivity index (χ3n) is 4.71. The lowest BCUT2D eigenvalue weighted by atomic mass is 9.99. The molecule has 1 aliphatic carbocycles. The van der Waals surface area contributed by atoms with Crippen LogP contribution in [0.1, 0.15) is 21.7 Å². The number of furan rings is 1. The van der Waals surface area contributed by atoms with Crippen LogP contribution >= 0.6 is 22.7 Å². The topological polar surface area (TPSA) is 77.8 Å². The SMILES string of the molecule is N#CC(C#N)=C1/C(=C/c2cc3sc(-c4cccs4)cc3o2)C(=O)c2ccccc21. The minimum atomic E-state index is -0.211. The van der Waals surface area contributed by atoms with E-state index in [4.69, 9.17) is 4.42 Å². The van der Waals surface area contributed by atoms with Gasteiger partial charge in [0.1, 0.15) is 29.1 Å². The average Bonchev–Trinajstić information content (AvgIpc) is 3.49. The van der Waals surface area contributed by atoms with Crippen molar-refractivity contribution in [2.24, 2.45) is 0 Å². The molecule has 29 heavy (non-hydrogen) atoms. The van der Waals surface area contributed by atoms with E-state index in [2.05, 4.69) is 6.07 Å². The van der Waals surface area contributed by atoms with Gasteiger partial charge in [-0.15, -0.1) is 22.7 Å². The van der Waals surface area contributed by atoms with Gasteiger partial charge >= 0.3 is 0 Å². The summed E-state index contributed by atoms with van der Waals surface area (Å²) in [4.78, 5) is 15.3. The van der Waals surface area contributed by atoms with Crippen LogP contribution in [-0.4, -0.2) is 5.78 Å². The van der Waals surface area contributed by atoms with Crippen molar-refractivity contribution in [3.05, 3.63) is 81.9 Å². The van der Waals surface area contributed by atoms with E-state index in [9.17, 15) is 15.3 Å². The Hall–Kier alpha value is -3.71. The van der Waals surface area contributed by atoms with E-state index >= 15 is 0 Å². The number of fused-ring (bicyclic) bond motifs is 2. The Morgan fingerprint density at radius 3 is 2.48 bits per heavy atom. The van der Waals surface area contributed by atoms with Crippen LogP contribution in [-0.2, 0) is 0 Å². The summed E-state index contributed by atoms with van der Waals surface area (Å²) in [7, 11) is 0. The van der Waals surface area contributed by atoms with Crippen molar-refractivity contribution in [3.63, 3.8) is 0 Å². The summed E-state index contributed by atoms with van der Waals surface area (Å²) in [5.41, 5.74) is 2.45. The first-order chi connectivity index (χ1) is 14.2. The lowest BCUT2D eigenvalue weighted by Crippen LogP contribution is -1.95. The van der Waals surface area contributed by atoms with Gasteiger partial charge in [0.2, 0.25) is 0 Å². The number of benzene rings is 1. The maximum atomic E-state index is 13.0. The molecule has 136 valence electrons. The molecular formula is C23H10N2O2S2. The van der Waals surface area contributed by atoms with E-state index in [1.54, 1.807) is 53.0 Å². The van der Waals surface area contributed by atoms with Crippen molar-refractivity contribution in [2.45, 2.75) is 0 Å². The molecule has 0 fully saturated rings. The molecular weight excluding hydrogens is 400 g/mol. The van der Waals surface area contributed by atoms with Crippen LogP contribution < -0.4 is 0 Å². The standard InChI is InChI=1S/C23H10N2O2S2/c24-11-13(12-25)22-15-4-1-2-5-16(15)23(26)17(22)8-14-9-20-18(27-14)10-21(29-20)19-6-3-7-28-19/h1-10H/b17-8-. The smallest absolute Gasteiger partial charge is 0.194 e. The summed E-state index contributed by atoms with van der Waals surface area (Å²) >= 11 is 3.30. The molecule has 4 nitrogen and oxygen atoms in total. The molecule has 0 amide bonds. The molecule has 0 saturated heterocycles. The van der Waals surface area contributed by atoms with E-state index in [0.29, 0.717) is 28.0 Å². The molecule has 0 atom stereocenters. The summed E-state index contributed by atoms with van der Waals surface area (Å²) in [5, 5.41) is 20.8. The lowest BCUT2D eigenvalue weighted by Gasteiger charge is -2.00. The number of rotatable bonds is 2. The van der Waals surface area contributed by atoms with Crippen LogP contribution in [0.2, 0.25) is 0 Å². The van der Waals surface area contributed by atoms with Gasteiger partial charge in [-0.05, 0) is 23.1 Å². The van der Waals surface area contributed by atoms with Crippen LogP contribution in [0, 0.1) is 22.7 Å². The number of Topliss-reactive ketones (excluding diaryl/α,β-unsaturated/α-hetero) is 1. The van der Waals surface area contributed by atoms with Crippen molar-refractivity contribution in [2.75, 3.05) is 0 Å². The molecule has 0 bridgehead atoms. The fraction of sp³-hybridized carbons (Fsp3) is 0.